The fourth-order valence-corrected chi connectivity index (χ4v) is 11.1. The van der Waals surface area contributed by atoms with Crippen molar-refractivity contribution < 1.29 is 77.4 Å². The number of rotatable bonds is 13. The molecule has 0 amide bonds. The van der Waals surface area contributed by atoms with Gasteiger partial charge < -0.3 is 23.5 Å². The SMILES string of the molecule is C[C@H](CCC(=O)OC(CS(=O)(=O)[O-])(C(F)(F)F)C(F)(F)F)C1CC[C@H]2[C@@H]3C(OC=O)CC4CC(OC=O)CCC4(C)[C@H]3CC(OC=O)C12C. The summed E-state index contributed by atoms with van der Waals surface area (Å²) in [6.07, 6.45) is -11.8. The van der Waals surface area contributed by atoms with Crippen LogP contribution in [0.2, 0.25) is 0 Å². The zero-order chi connectivity index (χ0) is 36.8. The highest BCUT2D eigenvalue weighted by molar-refractivity contribution is 7.85. The maximum atomic E-state index is 13.7. The molecule has 0 aliphatic heterocycles. The molecule has 0 N–H and O–H groups in total. The van der Waals surface area contributed by atoms with Gasteiger partial charge in [-0.3, -0.25) is 19.2 Å². The molecule has 7 unspecified atom stereocenters. The van der Waals surface area contributed by atoms with Gasteiger partial charge in [0.05, 0.1) is 15.9 Å². The van der Waals surface area contributed by atoms with Crippen LogP contribution in [0.5, 0.6) is 0 Å². The molecule has 0 spiro atoms. The van der Waals surface area contributed by atoms with Gasteiger partial charge in [-0.1, -0.05) is 20.8 Å². The van der Waals surface area contributed by atoms with E-state index in [9.17, 15) is 58.5 Å². The van der Waals surface area contributed by atoms with Crippen LogP contribution in [-0.2, 0) is 48.2 Å². The first-order valence-corrected chi connectivity index (χ1v) is 17.7. The Morgan fingerprint density at radius 3 is 2.06 bits per heavy atom. The predicted octanol–water partition coefficient (Wildman–Crippen LogP) is 4.86. The van der Waals surface area contributed by atoms with E-state index in [4.69, 9.17) is 14.2 Å². The van der Waals surface area contributed by atoms with Crippen LogP contribution >= 0.6 is 0 Å². The average Bonchev–Trinajstić information content (AvgIpc) is 3.33. The largest absolute Gasteiger partial charge is 0.748 e. The number of ether oxygens (including phenoxy) is 4. The average molecular weight is 736 g/mol. The zero-order valence-corrected chi connectivity index (χ0v) is 28.0. The minimum atomic E-state index is -6.47. The first-order valence-electron chi connectivity index (χ1n) is 16.2. The smallest absolute Gasteiger partial charge is 0.438 e. The lowest BCUT2D eigenvalue weighted by molar-refractivity contribution is -0.361. The van der Waals surface area contributed by atoms with Crippen LogP contribution in [0, 0.1) is 46.3 Å². The maximum Gasteiger partial charge on any atom is 0.438 e. The van der Waals surface area contributed by atoms with Crippen LogP contribution in [0.4, 0.5) is 26.3 Å². The summed E-state index contributed by atoms with van der Waals surface area (Å²) in [6.45, 7) is 6.83. The molecule has 4 fully saturated rings. The Labute approximate surface area is 279 Å². The van der Waals surface area contributed by atoms with Gasteiger partial charge in [-0.05, 0) is 86.4 Å². The Morgan fingerprint density at radius 1 is 0.898 bits per heavy atom. The number of carbonyl (C=O) groups is 4. The van der Waals surface area contributed by atoms with Crippen LogP contribution < -0.4 is 0 Å². The molecule has 4 aliphatic carbocycles. The number of esters is 1. The Morgan fingerprint density at radius 2 is 1.51 bits per heavy atom. The Hall–Kier alpha value is -2.63. The second-order valence-electron chi connectivity index (χ2n) is 14.6. The van der Waals surface area contributed by atoms with Crippen molar-refractivity contribution in [2.45, 2.75) is 115 Å². The van der Waals surface area contributed by atoms with Crippen LogP contribution in [0.25, 0.3) is 0 Å². The van der Waals surface area contributed by atoms with Gasteiger partial charge in [0, 0.05) is 17.8 Å². The van der Waals surface area contributed by atoms with Gasteiger partial charge in [0.15, 0.2) is 0 Å². The first-order chi connectivity index (χ1) is 22.6. The fraction of sp³-hybridized carbons (Fsp3) is 0.871. The number of hydrogen-bond acceptors (Lipinski definition) is 11. The number of halogens is 6. The number of fused-ring (bicyclic) bond motifs is 5. The first kappa shape index (κ1) is 39.2. The van der Waals surface area contributed by atoms with E-state index in [2.05, 4.69) is 11.7 Å². The van der Waals surface area contributed by atoms with Gasteiger partial charge in [-0.2, -0.15) is 26.3 Å². The minimum Gasteiger partial charge on any atom is -0.748 e. The highest BCUT2D eigenvalue weighted by Gasteiger charge is 2.75. The van der Waals surface area contributed by atoms with Crippen LogP contribution in [0.3, 0.4) is 0 Å². The Kier molecular flexibility index (Phi) is 11.1. The summed E-state index contributed by atoms with van der Waals surface area (Å²) < 4.78 is 136. The molecule has 4 rings (SSSR count). The molecule has 11 nitrogen and oxygen atoms in total. The molecule has 0 aromatic carbocycles. The van der Waals surface area contributed by atoms with Gasteiger partial charge in [-0.15, -0.1) is 0 Å². The van der Waals surface area contributed by atoms with Crippen LogP contribution in [-0.4, -0.2) is 80.4 Å². The van der Waals surface area contributed by atoms with Gasteiger partial charge >= 0.3 is 23.9 Å². The minimum absolute atomic E-state index is 0.0258. The van der Waals surface area contributed by atoms with E-state index < -0.39 is 69.8 Å². The molecule has 0 saturated heterocycles. The molecule has 0 heterocycles. The van der Waals surface area contributed by atoms with E-state index in [1.165, 1.54) is 0 Å². The normalized spacial score (nSPS) is 37.0. The van der Waals surface area contributed by atoms with Crippen molar-refractivity contribution in [3.8, 4) is 0 Å². The lowest BCUT2D eigenvalue weighted by atomic mass is 9.43. The molecule has 0 radical (unpaired) electrons. The van der Waals surface area contributed by atoms with Crippen molar-refractivity contribution in [1.29, 1.82) is 0 Å². The predicted molar refractivity (Wildman–Crippen MR) is 153 cm³/mol. The number of alkyl halides is 6. The summed E-state index contributed by atoms with van der Waals surface area (Å²) in [6, 6.07) is 0. The van der Waals surface area contributed by atoms with E-state index in [1.807, 2.05) is 6.92 Å². The third-order valence-corrected chi connectivity index (χ3v) is 13.3. The molecule has 0 aromatic rings. The van der Waals surface area contributed by atoms with E-state index >= 15 is 0 Å². The molecular formula is C31H41F6O11S-. The van der Waals surface area contributed by atoms with Gasteiger partial charge in [0.2, 0.25) is 0 Å². The quantitative estimate of drug-likeness (QED) is 0.0835. The molecule has 280 valence electrons. The third-order valence-electron chi connectivity index (χ3n) is 12.5. The van der Waals surface area contributed by atoms with Gasteiger partial charge in [0.1, 0.15) is 18.3 Å². The lowest BCUT2D eigenvalue weighted by Crippen LogP contribution is -2.63. The number of carbonyl (C=O) groups excluding carboxylic acids is 4. The van der Waals surface area contributed by atoms with E-state index in [0.717, 1.165) is 0 Å². The summed E-state index contributed by atoms with van der Waals surface area (Å²) in [4.78, 5) is 47.2. The summed E-state index contributed by atoms with van der Waals surface area (Å²) in [7, 11) is -6.17. The monoisotopic (exact) mass is 735 g/mol. The van der Waals surface area contributed by atoms with Gasteiger partial charge in [-0.25, -0.2) is 8.42 Å². The highest BCUT2D eigenvalue weighted by Crippen LogP contribution is 2.69. The third kappa shape index (κ3) is 7.13. The molecule has 4 aliphatic rings. The molecule has 18 heteroatoms. The molecular weight excluding hydrogens is 694 g/mol. The summed E-state index contributed by atoms with van der Waals surface area (Å²) in [5, 5.41) is 0. The topological polar surface area (TPSA) is 162 Å². The Bertz CT molecular complexity index is 1340. The lowest BCUT2D eigenvalue weighted by Gasteiger charge is -2.64. The van der Waals surface area contributed by atoms with E-state index in [1.54, 1.807) is 6.92 Å². The second kappa shape index (κ2) is 13.8. The van der Waals surface area contributed by atoms with Crippen molar-refractivity contribution in [3.63, 3.8) is 0 Å². The molecule has 49 heavy (non-hydrogen) atoms. The van der Waals surface area contributed by atoms with Crippen LogP contribution in [0.1, 0.15) is 78.6 Å². The standard InChI is InChI=1S/C31H42F6O11S/c1-17(4-7-25(41)48-29(30(32,33)34,31(35,36)37)13-49(42,43)44)20-5-6-21-26-22(12-24(47-16-40)28(20,21)3)27(2)9-8-19(45-14-38)10-18(27)11-23(26)46-15-39/h14-24,26H,4-13H2,1-3H3,(H,42,43,44)/p-1/t17-,18?,19?,20?,21+,22+,23?,24?,26+,27?,28?/m1/s1. The molecule has 11 atom stereocenters. The fourth-order valence-electron chi connectivity index (χ4n) is 10.3. The summed E-state index contributed by atoms with van der Waals surface area (Å²) >= 11 is 0. The summed E-state index contributed by atoms with van der Waals surface area (Å²) in [5.41, 5.74) is -6.63. The summed E-state index contributed by atoms with van der Waals surface area (Å²) in [5.74, 6) is -6.37. The zero-order valence-electron chi connectivity index (χ0n) is 27.2. The molecule has 4 saturated carbocycles. The van der Waals surface area contributed by atoms with Crippen molar-refractivity contribution in [1.82, 2.24) is 0 Å². The van der Waals surface area contributed by atoms with Crippen molar-refractivity contribution >= 4 is 35.5 Å². The van der Waals surface area contributed by atoms with Crippen LogP contribution in [0.15, 0.2) is 0 Å². The number of hydrogen-bond donors (Lipinski definition) is 0. The molecule has 0 aromatic heterocycles. The highest BCUT2D eigenvalue weighted by atomic mass is 32.2. The van der Waals surface area contributed by atoms with E-state index in [-0.39, 0.29) is 47.5 Å². The Balaban J connectivity index is 1.59. The van der Waals surface area contributed by atoms with Gasteiger partial charge in [0.25, 0.3) is 19.4 Å². The maximum absolute atomic E-state index is 13.7. The van der Waals surface area contributed by atoms with E-state index in [0.29, 0.717) is 64.4 Å². The molecule has 0 bridgehead atoms. The van der Waals surface area contributed by atoms with Crippen molar-refractivity contribution in [2.75, 3.05) is 5.75 Å². The second-order valence-corrected chi connectivity index (χ2v) is 16.1. The van der Waals surface area contributed by atoms with Crippen molar-refractivity contribution in [3.05, 3.63) is 0 Å². The van der Waals surface area contributed by atoms with Crippen molar-refractivity contribution in [2.24, 2.45) is 46.3 Å².